The Balaban J connectivity index is 1.96. The van der Waals surface area contributed by atoms with Crippen LogP contribution in [0.15, 0.2) is 42.7 Å². The summed E-state index contributed by atoms with van der Waals surface area (Å²) in [5, 5.41) is 7.42. The van der Waals surface area contributed by atoms with Crippen molar-refractivity contribution in [2.75, 3.05) is 11.9 Å². The van der Waals surface area contributed by atoms with E-state index in [2.05, 4.69) is 25.4 Å². The van der Waals surface area contributed by atoms with E-state index < -0.39 is 0 Å². The second kappa shape index (κ2) is 5.88. The molecule has 0 saturated heterocycles. The smallest absolute Gasteiger partial charge is 0.256 e. The molecule has 2 heterocycles. The van der Waals surface area contributed by atoms with Crippen molar-refractivity contribution in [2.24, 2.45) is 0 Å². The van der Waals surface area contributed by atoms with Crippen molar-refractivity contribution in [1.82, 2.24) is 24.7 Å². The summed E-state index contributed by atoms with van der Waals surface area (Å²) in [5.74, 6) is 0.817. The minimum atomic E-state index is 0.132. The number of nitrogens with zero attached hydrogens (tertiary/aromatic N) is 5. The van der Waals surface area contributed by atoms with Crippen LogP contribution in [0.4, 0.5) is 5.95 Å². The Hall–Kier alpha value is -2.47. The van der Waals surface area contributed by atoms with Gasteiger partial charge in [-0.3, -0.25) is 0 Å². The van der Waals surface area contributed by atoms with Gasteiger partial charge in [-0.05, 0) is 24.1 Å². The van der Waals surface area contributed by atoms with Crippen molar-refractivity contribution in [3.63, 3.8) is 0 Å². The third-order valence-electron chi connectivity index (χ3n) is 2.83. The predicted octanol–water partition coefficient (Wildman–Crippen LogP) is 2.81. The van der Waals surface area contributed by atoms with Gasteiger partial charge < -0.3 is 5.32 Å². The van der Waals surface area contributed by atoms with Gasteiger partial charge in [0.15, 0.2) is 0 Å². The van der Waals surface area contributed by atoms with Crippen molar-refractivity contribution in [1.29, 1.82) is 0 Å². The van der Waals surface area contributed by atoms with Gasteiger partial charge in [0, 0.05) is 18.3 Å². The van der Waals surface area contributed by atoms with Crippen LogP contribution in [0.2, 0.25) is 5.28 Å². The lowest BCUT2D eigenvalue weighted by molar-refractivity contribution is 0.795. The summed E-state index contributed by atoms with van der Waals surface area (Å²) in [6.45, 7) is 2.66. The standard InChI is InChI=1S/C14H13ClN6/c1-2-16-13-18-12(15)19-14(20-13)21-9-11(8-17-21)10-6-4-3-5-7-10/h3-9H,2H2,1H3,(H,16,18,19,20). The lowest BCUT2D eigenvalue weighted by atomic mass is 10.1. The molecule has 0 amide bonds. The molecule has 0 bridgehead atoms. The Morgan fingerprint density at radius 2 is 1.90 bits per heavy atom. The first-order valence-corrected chi connectivity index (χ1v) is 6.90. The quantitative estimate of drug-likeness (QED) is 0.802. The Morgan fingerprint density at radius 3 is 2.67 bits per heavy atom. The molecule has 7 heteroatoms. The van der Waals surface area contributed by atoms with Crippen LogP contribution >= 0.6 is 11.6 Å². The fourth-order valence-corrected chi connectivity index (χ4v) is 2.05. The second-order valence-electron chi connectivity index (χ2n) is 4.30. The number of anilines is 1. The number of halogens is 1. The molecule has 3 aromatic rings. The molecular weight excluding hydrogens is 288 g/mol. The summed E-state index contributed by atoms with van der Waals surface area (Å²) in [7, 11) is 0. The zero-order valence-electron chi connectivity index (χ0n) is 11.4. The monoisotopic (exact) mass is 300 g/mol. The number of aromatic nitrogens is 5. The molecule has 0 unspecified atom stereocenters. The maximum atomic E-state index is 5.92. The molecule has 1 N–H and O–H groups in total. The lowest BCUT2D eigenvalue weighted by Gasteiger charge is -2.04. The number of benzene rings is 1. The van der Waals surface area contributed by atoms with Crippen molar-refractivity contribution >= 4 is 17.5 Å². The van der Waals surface area contributed by atoms with E-state index in [1.54, 1.807) is 10.9 Å². The van der Waals surface area contributed by atoms with Gasteiger partial charge in [-0.15, -0.1) is 0 Å². The molecule has 2 aromatic heterocycles. The molecule has 0 fully saturated rings. The van der Waals surface area contributed by atoms with Crippen molar-refractivity contribution < 1.29 is 0 Å². The summed E-state index contributed by atoms with van der Waals surface area (Å²) in [6, 6.07) is 9.98. The highest BCUT2D eigenvalue weighted by molar-refractivity contribution is 6.28. The van der Waals surface area contributed by atoms with E-state index >= 15 is 0 Å². The van der Waals surface area contributed by atoms with E-state index in [4.69, 9.17) is 11.6 Å². The van der Waals surface area contributed by atoms with Crippen LogP contribution in [0.3, 0.4) is 0 Å². The average Bonchev–Trinajstić information content (AvgIpc) is 2.98. The van der Waals surface area contributed by atoms with E-state index in [9.17, 15) is 0 Å². The van der Waals surface area contributed by atoms with Gasteiger partial charge in [0.2, 0.25) is 11.2 Å². The van der Waals surface area contributed by atoms with Crippen LogP contribution in [-0.2, 0) is 0 Å². The fourth-order valence-electron chi connectivity index (χ4n) is 1.89. The van der Waals surface area contributed by atoms with E-state index in [1.807, 2.05) is 43.5 Å². The van der Waals surface area contributed by atoms with Gasteiger partial charge in [-0.2, -0.15) is 20.1 Å². The maximum absolute atomic E-state index is 5.92. The molecule has 21 heavy (non-hydrogen) atoms. The summed E-state index contributed by atoms with van der Waals surface area (Å²) in [5.41, 5.74) is 2.06. The first kappa shape index (κ1) is 13.5. The Morgan fingerprint density at radius 1 is 1.10 bits per heavy atom. The topological polar surface area (TPSA) is 68.5 Å². The van der Waals surface area contributed by atoms with Crippen LogP contribution in [0.1, 0.15) is 6.92 Å². The molecule has 0 spiro atoms. The Bertz CT molecular complexity index is 740. The van der Waals surface area contributed by atoms with Gasteiger partial charge in [0.25, 0.3) is 5.95 Å². The van der Waals surface area contributed by atoms with Crippen molar-refractivity contribution in [2.45, 2.75) is 6.92 Å². The Kier molecular flexibility index (Phi) is 3.79. The number of rotatable bonds is 4. The third-order valence-corrected chi connectivity index (χ3v) is 2.99. The highest BCUT2D eigenvalue weighted by Crippen LogP contribution is 2.19. The second-order valence-corrected chi connectivity index (χ2v) is 4.64. The summed E-state index contributed by atoms with van der Waals surface area (Å²) < 4.78 is 1.58. The Labute approximate surface area is 126 Å². The van der Waals surface area contributed by atoms with E-state index in [1.165, 1.54) is 0 Å². The van der Waals surface area contributed by atoms with Gasteiger partial charge in [0.05, 0.1) is 6.20 Å². The molecule has 0 aliphatic rings. The van der Waals surface area contributed by atoms with E-state index in [0.29, 0.717) is 18.4 Å². The van der Waals surface area contributed by atoms with Crippen LogP contribution < -0.4 is 5.32 Å². The largest absolute Gasteiger partial charge is 0.354 e. The van der Waals surface area contributed by atoms with Crippen molar-refractivity contribution in [3.8, 4) is 17.1 Å². The highest BCUT2D eigenvalue weighted by atomic mass is 35.5. The van der Waals surface area contributed by atoms with E-state index in [0.717, 1.165) is 11.1 Å². The molecule has 0 saturated carbocycles. The summed E-state index contributed by atoms with van der Waals surface area (Å²) >= 11 is 5.92. The summed E-state index contributed by atoms with van der Waals surface area (Å²) in [6.07, 6.45) is 3.62. The first-order chi connectivity index (χ1) is 10.3. The first-order valence-electron chi connectivity index (χ1n) is 6.52. The van der Waals surface area contributed by atoms with Gasteiger partial charge >= 0.3 is 0 Å². The maximum Gasteiger partial charge on any atom is 0.256 e. The van der Waals surface area contributed by atoms with Gasteiger partial charge in [-0.25, -0.2) is 4.68 Å². The minimum absolute atomic E-state index is 0.132. The van der Waals surface area contributed by atoms with Gasteiger partial charge in [0.1, 0.15) is 0 Å². The van der Waals surface area contributed by atoms with Crippen LogP contribution in [0.25, 0.3) is 17.1 Å². The average molecular weight is 301 g/mol. The third kappa shape index (κ3) is 3.00. The molecule has 0 atom stereocenters. The molecule has 0 radical (unpaired) electrons. The zero-order valence-corrected chi connectivity index (χ0v) is 12.1. The lowest BCUT2D eigenvalue weighted by Crippen LogP contribution is -2.08. The molecule has 1 aromatic carbocycles. The molecule has 106 valence electrons. The molecule has 0 aliphatic heterocycles. The number of nitrogens with one attached hydrogen (secondary N) is 1. The fraction of sp³-hybridized carbons (Fsp3) is 0.143. The van der Waals surface area contributed by atoms with E-state index in [-0.39, 0.29) is 5.28 Å². The molecule has 3 rings (SSSR count). The zero-order chi connectivity index (χ0) is 14.7. The van der Waals surface area contributed by atoms with Crippen LogP contribution in [-0.4, -0.2) is 31.3 Å². The highest BCUT2D eigenvalue weighted by Gasteiger charge is 2.09. The number of hydrogen-bond acceptors (Lipinski definition) is 5. The SMILES string of the molecule is CCNc1nc(Cl)nc(-n2cc(-c3ccccc3)cn2)n1. The van der Waals surface area contributed by atoms with Crippen molar-refractivity contribution in [3.05, 3.63) is 48.0 Å². The minimum Gasteiger partial charge on any atom is -0.354 e. The van der Waals surface area contributed by atoms with Crippen LogP contribution in [0, 0.1) is 0 Å². The molecular formula is C14H13ClN6. The predicted molar refractivity (Wildman–Crippen MR) is 81.6 cm³/mol. The molecule has 6 nitrogen and oxygen atoms in total. The van der Waals surface area contributed by atoms with Crippen LogP contribution in [0.5, 0.6) is 0 Å². The number of hydrogen-bond donors (Lipinski definition) is 1. The van der Waals surface area contributed by atoms with Gasteiger partial charge in [-0.1, -0.05) is 30.3 Å². The molecule has 0 aliphatic carbocycles. The summed E-state index contributed by atoms with van der Waals surface area (Å²) in [4.78, 5) is 12.4. The normalized spacial score (nSPS) is 10.6.